The molecule has 0 radical (unpaired) electrons. The Kier molecular flexibility index (Phi) is 7.54. The second-order valence-corrected chi connectivity index (χ2v) is 8.50. The molecule has 2 saturated heterocycles. The number of amides is 1. The molecule has 1 N–H and O–H groups in total. The first-order valence-electron chi connectivity index (χ1n) is 9.83. The molecule has 1 aliphatic carbocycles. The van der Waals surface area contributed by atoms with Gasteiger partial charge < -0.3 is 14.7 Å². The smallest absolute Gasteiger partial charge is 0.475 e. The highest BCUT2D eigenvalue weighted by molar-refractivity contribution is 7.07. The van der Waals surface area contributed by atoms with E-state index in [1.54, 1.807) is 11.3 Å². The Bertz CT molecular complexity index is 746. The maximum Gasteiger partial charge on any atom is 0.490 e. The zero-order valence-corrected chi connectivity index (χ0v) is 17.2. The number of carboxylic acid groups (broad SMARTS) is 1. The Morgan fingerprint density at radius 3 is 2.50 bits per heavy atom. The molecule has 0 bridgehead atoms. The first kappa shape index (κ1) is 22.8. The van der Waals surface area contributed by atoms with Gasteiger partial charge in [-0.1, -0.05) is 12.2 Å². The monoisotopic (exact) mass is 446 g/mol. The van der Waals surface area contributed by atoms with Crippen molar-refractivity contribution in [2.75, 3.05) is 32.8 Å². The fourth-order valence-corrected chi connectivity index (χ4v) is 4.66. The maximum absolute atomic E-state index is 12.6. The average molecular weight is 446 g/mol. The van der Waals surface area contributed by atoms with Crippen molar-refractivity contribution >= 4 is 23.2 Å². The molecular weight excluding hydrogens is 421 g/mol. The molecule has 2 fully saturated rings. The van der Waals surface area contributed by atoms with Crippen LogP contribution in [0.5, 0.6) is 0 Å². The van der Waals surface area contributed by atoms with Gasteiger partial charge in [0, 0.05) is 44.6 Å². The molecular formula is C20H25F3N2O4S. The lowest BCUT2D eigenvalue weighted by atomic mass is 10.1. The van der Waals surface area contributed by atoms with Gasteiger partial charge in [-0.2, -0.15) is 24.5 Å². The van der Waals surface area contributed by atoms with Crippen LogP contribution in [-0.4, -0.2) is 71.8 Å². The molecule has 0 spiro atoms. The van der Waals surface area contributed by atoms with Crippen LogP contribution in [0.3, 0.4) is 0 Å². The average Bonchev–Trinajstić information content (AvgIpc) is 3.42. The molecule has 1 amide bonds. The Labute approximate surface area is 176 Å². The SMILES string of the molecule is O=C(C1CC=CC1)N1C[C@@H]2CN(Cc3ccsc3)CCO[C@@H]2C1.O=C(O)C(F)(F)F. The number of ether oxygens (including phenoxy) is 1. The van der Waals surface area contributed by atoms with Crippen LogP contribution in [0.4, 0.5) is 13.2 Å². The first-order chi connectivity index (χ1) is 14.2. The summed E-state index contributed by atoms with van der Waals surface area (Å²) in [7, 11) is 0. The molecule has 4 rings (SSSR count). The quantitative estimate of drug-likeness (QED) is 0.723. The van der Waals surface area contributed by atoms with Crippen molar-refractivity contribution in [2.24, 2.45) is 11.8 Å². The van der Waals surface area contributed by atoms with E-state index >= 15 is 0 Å². The van der Waals surface area contributed by atoms with E-state index in [9.17, 15) is 18.0 Å². The number of hydrogen-bond donors (Lipinski definition) is 1. The predicted molar refractivity (Wildman–Crippen MR) is 105 cm³/mol. The van der Waals surface area contributed by atoms with Gasteiger partial charge >= 0.3 is 12.1 Å². The summed E-state index contributed by atoms with van der Waals surface area (Å²) in [5.74, 6) is -1.79. The van der Waals surface area contributed by atoms with Gasteiger partial charge in [0.15, 0.2) is 0 Å². The molecule has 2 atom stereocenters. The lowest BCUT2D eigenvalue weighted by molar-refractivity contribution is -0.192. The minimum Gasteiger partial charge on any atom is -0.475 e. The summed E-state index contributed by atoms with van der Waals surface area (Å²) < 4.78 is 37.8. The molecule has 0 unspecified atom stereocenters. The Balaban J connectivity index is 0.000000318. The number of thiophene rings is 1. The fraction of sp³-hybridized carbons (Fsp3) is 0.600. The van der Waals surface area contributed by atoms with Crippen molar-refractivity contribution in [1.29, 1.82) is 0 Å². The Morgan fingerprint density at radius 2 is 1.90 bits per heavy atom. The Morgan fingerprint density at radius 1 is 1.20 bits per heavy atom. The normalized spacial score (nSPS) is 24.8. The van der Waals surface area contributed by atoms with Gasteiger partial charge in [0.2, 0.25) is 5.91 Å². The molecule has 3 aliphatic rings. The van der Waals surface area contributed by atoms with Crippen molar-refractivity contribution < 1.29 is 32.6 Å². The van der Waals surface area contributed by atoms with E-state index in [2.05, 4.69) is 38.8 Å². The zero-order chi connectivity index (χ0) is 21.7. The molecule has 1 aromatic rings. The molecule has 0 aromatic carbocycles. The van der Waals surface area contributed by atoms with Crippen molar-refractivity contribution in [3.8, 4) is 0 Å². The van der Waals surface area contributed by atoms with E-state index in [0.29, 0.717) is 11.8 Å². The minimum absolute atomic E-state index is 0.180. The molecule has 0 saturated carbocycles. The van der Waals surface area contributed by atoms with Gasteiger partial charge in [0.05, 0.1) is 12.7 Å². The number of halogens is 3. The number of fused-ring (bicyclic) bond motifs is 1. The van der Waals surface area contributed by atoms with E-state index in [1.807, 2.05) is 0 Å². The summed E-state index contributed by atoms with van der Waals surface area (Å²) in [5, 5.41) is 11.5. The number of aliphatic carboxylic acids is 1. The summed E-state index contributed by atoms with van der Waals surface area (Å²) in [4.78, 5) is 26.1. The third-order valence-electron chi connectivity index (χ3n) is 5.51. The number of carbonyl (C=O) groups excluding carboxylic acids is 1. The molecule has 2 aliphatic heterocycles. The molecule has 30 heavy (non-hydrogen) atoms. The van der Waals surface area contributed by atoms with Gasteiger partial charge in [0.25, 0.3) is 0 Å². The van der Waals surface area contributed by atoms with Gasteiger partial charge in [-0.15, -0.1) is 0 Å². The van der Waals surface area contributed by atoms with Crippen LogP contribution in [-0.2, 0) is 20.9 Å². The minimum atomic E-state index is -5.08. The number of nitrogens with zero attached hydrogens (tertiary/aromatic N) is 2. The number of carbonyl (C=O) groups is 2. The summed E-state index contributed by atoms with van der Waals surface area (Å²) in [6.45, 7) is 5.44. The number of likely N-dealkylation sites (tertiary alicyclic amines) is 1. The van der Waals surface area contributed by atoms with Crippen molar-refractivity contribution in [2.45, 2.75) is 31.7 Å². The van der Waals surface area contributed by atoms with Gasteiger partial charge in [0.1, 0.15) is 0 Å². The summed E-state index contributed by atoms with van der Waals surface area (Å²) in [6, 6.07) is 2.20. The second kappa shape index (κ2) is 9.93. The highest BCUT2D eigenvalue weighted by Crippen LogP contribution is 2.28. The zero-order valence-electron chi connectivity index (χ0n) is 16.4. The van der Waals surface area contributed by atoms with E-state index in [4.69, 9.17) is 14.6 Å². The van der Waals surface area contributed by atoms with Crippen LogP contribution in [0, 0.1) is 11.8 Å². The standard InChI is InChI=1S/C18H24N2O2S.C2HF3O2/c21-18(15-3-1-2-4-15)20-11-16-10-19(6-7-22-17(16)12-20)9-14-5-8-23-13-14;3-2(4,5)1(6)7/h1-2,5,8,13,15-17H,3-4,6-7,9-12H2;(H,6,7)/t16-,17+;/m0./s1. The van der Waals surface area contributed by atoms with Crippen molar-refractivity contribution in [1.82, 2.24) is 9.80 Å². The fourth-order valence-electron chi connectivity index (χ4n) is 4.00. The van der Waals surface area contributed by atoms with Crippen LogP contribution in [0.15, 0.2) is 29.0 Å². The Hall–Kier alpha value is -1.91. The number of allylic oxidation sites excluding steroid dienone is 2. The third kappa shape index (κ3) is 6.05. The van der Waals surface area contributed by atoms with Crippen LogP contribution in [0.25, 0.3) is 0 Å². The molecule has 3 heterocycles. The van der Waals surface area contributed by atoms with Crippen LogP contribution in [0.2, 0.25) is 0 Å². The van der Waals surface area contributed by atoms with Crippen molar-refractivity contribution in [3.05, 3.63) is 34.5 Å². The summed E-state index contributed by atoms with van der Waals surface area (Å²) in [5.41, 5.74) is 1.39. The number of alkyl halides is 3. The first-order valence-corrected chi connectivity index (χ1v) is 10.8. The number of carboxylic acids is 1. The highest BCUT2D eigenvalue weighted by atomic mass is 32.1. The van der Waals surface area contributed by atoms with E-state index in [1.165, 1.54) is 5.56 Å². The topological polar surface area (TPSA) is 70.1 Å². The van der Waals surface area contributed by atoms with E-state index in [0.717, 1.165) is 52.2 Å². The van der Waals surface area contributed by atoms with Gasteiger partial charge in [-0.3, -0.25) is 9.69 Å². The largest absolute Gasteiger partial charge is 0.490 e. The van der Waals surface area contributed by atoms with E-state index < -0.39 is 12.1 Å². The second-order valence-electron chi connectivity index (χ2n) is 7.72. The third-order valence-corrected chi connectivity index (χ3v) is 6.24. The predicted octanol–water partition coefficient (Wildman–Crippen LogP) is 3.01. The summed E-state index contributed by atoms with van der Waals surface area (Å²) >= 11 is 1.75. The lowest BCUT2D eigenvalue weighted by Gasteiger charge is -2.24. The van der Waals surface area contributed by atoms with Crippen molar-refractivity contribution in [3.63, 3.8) is 0 Å². The molecule has 10 heteroatoms. The highest BCUT2D eigenvalue weighted by Gasteiger charge is 2.40. The van der Waals surface area contributed by atoms with Crippen LogP contribution < -0.4 is 0 Å². The maximum atomic E-state index is 12.6. The number of rotatable bonds is 3. The molecule has 1 aromatic heterocycles. The van der Waals surface area contributed by atoms with Crippen LogP contribution >= 0.6 is 11.3 Å². The van der Waals surface area contributed by atoms with Gasteiger partial charge in [-0.05, 0) is 35.2 Å². The van der Waals surface area contributed by atoms with E-state index in [-0.39, 0.29) is 12.0 Å². The molecule has 166 valence electrons. The summed E-state index contributed by atoms with van der Waals surface area (Å²) in [6.07, 6.45) is 1.23. The van der Waals surface area contributed by atoms with Gasteiger partial charge in [-0.25, -0.2) is 4.79 Å². The number of hydrogen-bond acceptors (Lipinski definition) is 5. The molecule has 6 nitrogen and oxygen atoms in total. The lowest BCUT2D eigenvalue weighted by Crippen LogP contribution is -2.36. The van der Waals surface area contributed by atoms with Crippen LogP contribution in [0.1, 0.15) is 18.4 Å².